The van der Waals surface area contributed by atoms with Crippen LogP contribution in [-0.4, -0.2) is 16.3 Å². The Balaban J connectivity index is 3.76. The van der Waals surface area contributed by atoms with Gasteiger partial charge in [-0.3, -0.25) is 0 Å². The van der Waals surface area contributed by atoms with Crippen molar-refractivity contribution in [1.29, 1.82) is 0 Å². The van der Waals surface area contributed by atoms with Gasteiger partial charge < -0.3 is 9.99 Å². The first kappa shape index (κ1) is 22.2. The van der Waals surface area contributed by atoms with Gasteiger partial charge in [-0.1, -0.05) is 88.7 Å². The molecule has 4 nitrogen and oxygen atoms in total. The summed E-state index contributed by atoms with van der Waals surface area (Å²) in [5.74, 6) is -0.427. The fourth-order valence-corrected chi connectivity index (χ4v) is 2.26. The van der Waals surface area contributed by atoms with Crippen LogP contribution in [0.1, 0.15) is 71.1 Å². The largest absolute Gasteiger partial charge is 0.478 e. The molecule has 0 aliphatic carbocycles. The first-order valence-electron chi connectivity index (χ1n) is 8.95. The Morgan fingerprint density at radius 2 is 1.38 bits per heavy atom. The van der Waals surface area contributed by atoms with E-state index >= 15 is 0 Å². The highest BCUT2D eigenvalue weighted by molar-refractivity contribution is 5.80. The second-order valence-corrected chi connectivity index (χ2v) is 5.77. The smallest absolute Gasteiger partial charge is 0.328 e. The third-order valence-electron chi connectivity index (χ3n) is 3.61. The highest BCUT2D eigenvalue weighted by Gasteiger charge is 1.97. The Kier molecular flexibility index (Phi) is 16.2. The SMILES string of the molecule is CCCCCCCCCCC\C(=C/C=C/C=C/C=C/C(=O)O)OO. The quantitative estimate of drug-likeness (QED) is 0.0956. The summed E-state index contributed by atoms with van der Waals surface area (Å²) in [6.45, 7) is 2.23. The lowest BCUT2D eigenvalue weighted by molar-refractivity contribution is -0.205. The van der Waals surface area contributed by atoms with Crippen molar-refractivity contribution in [3.63, 3.8) is 0 Å². The van der Waals surface area contributed by atoms with Gasteiger partial charge in [-0.2, -0.15) is 0 Å². The topological polar surface area (TPSA) is 66.8 Å². The van der Waals surface area contributed by atoms with Gasteiger partial charge in [-0.15, -0.1) is 0 Å². The van der Waals surface area contributed by atoms with Crippen molar-refractivity contribution in [2.75, 3.05) is 0 Å². The number of carboxylic acid groups (broad SMARTS) is 1. The van der Waals surface area contributed by atoms with Crippen molar-refractivity contribution in [3.05, 3.63) is 48.3 Å². The molecule has 0 rings (SSSR count). The second kappa shape index (κ2) is 17.5. The van der Waals surface area contributed by atoms with Crippen molar-refractivity contribution in [2.45, 2.75) is 71.1 Å². The average Bonchev–Trinajstić information content (AvgIpc) is 2.57. The second-order valence-electron chi connectivity index (χ2n) is 5.77. The minimum Gasteiger partial charge on any atom is -0.478 e. The number of allylic oxidation sites excluding steroid dienone is 7. The molecule has 0 heterocycles. The maximum absolute atomic E-state index is 10.2. The summed E-state index contributed by atoms with van der Waals surface area (Å²) in [5.41, 5.74) is 0. The molecule has 2 N–H and O–H groups in total. The lowest BCUT2D eigenvalue weighted by Gasteiger charge is -2.03. The molecule has 0 atom stereocenters. The number of hydrogen-bond donors (Lipinski definition) is 2. The normalized spacial score (nSPS) is 12.7. The van der Waals surface area contributed by atoms with Gasteiger partial charge in [0.05, 0.1) is 0 Å². The van der Waals surface area contributed by atoms with Crippen LogP contribution in [0.4, 0.5) is 0 Å². The number of carbonyl (C=O) groups is 1. The average molecular weight is 336 g/mol. The van der Waals surface area contributed by atoms with E-state index in [9.17, 15) is 4.79 Å². The predicted molar refractivity (Wildman–Crippen MR) is 98.7 cm³/mol. The molecular formula is C20H32O4. The van der Waals surface area contributed by atoms with Gasteiger partial charge in [-0.05, 0) is 12.5 Å². The van der Waals surface area contributed by atoms with E-state index in [-0.39, 0.29) is 0 Å². The van der Waals surface area contributed by atoms with Gasteiger partial charge in [0.1, 0.15) is 5.76 Å². The van der Waals surface area contributed by atoms with Gasteiger partial charge >= 0.3 is 5.97 Å². The molecule has 136 valence electrons. The fraction of sp³-hybridized carbons (Fsp3) is 0.550. The van der Waals surface area contributed by atoms with Crippen LogP contribution in [0.5, 0.6) is 0 Å². The highest BCUT2D eigenvalue weighted by Crippen LogP contribution is 2.13. The lowest BCUT2D eigenvalue weighted by atomic mass is 10.1. The number of unbranched alkanes of at least 4 members (excludes halogenated alkanes) is 8. The Labute approximate surface area is 146 Å². The minimum atomic E-state index is -0.972. The Hall–Kier alpha value is -1.81. The molecule has 0 aliphatic heterocycles. The molecule has 0 unspecified atom stereocenters. The summed E-state index contributed by atoms with van der Waals surface area (Å²) in [4.78, 5) is 14.6. The zero-order chi connectivity index (χ0) is 17.9. The standard InChI is InChI=1S/C20H32O4/c1-2-3-4-5-6-7-8-10-13-16-19(24-23)17-14-11-9-12-15-18-20(21)22/h9,11-12,14-15,17-18,23H,2-8,10,13,16H2,1H3,(H,21,22)/b12-9+,14-11+,18-15+,19-17+. The summed E-state index contributed by atoms with van der Waals surface area (Å²) in [6.07, 6.45) is 23.1. The zero-order valence-electron chi connectivity index (χ0n) is 14.8. The summed E-state index contributed by atoms with van der Waals surface area (Å²) < 4.78 is 0. The van der Waals surface area contributed by atoms with Crippen LogP contribution < -0.4 is 0 Å². The molecule has 0 aromatic carbocycles. The summed E-state index contributed by atoms with van der Waals surface area (Å²) in [5, 5.41) is 17.3. The molecule has 0 amide bonds. The van der Waals surface area contributed by atoms with E-state index in [1.807, 2.05) is 0 Å². The molecular weight excluding hydrogens is 304 g/mol. The van der Waals surface area contributed by atoms with Crippen molar-refractivity contribution >= 4 is 5.97 Å². The highest BCUT2D eigenvalue weighted by atomic mass is 17.1. The number of rotatable bonds is 15. The molecule has 0 saturated heterocycles. The molecule has 0 spiro atoms. The summed E-state index contributed by atoms with van der Waals surface area (Å²) in [6, 6.07) is 0. The minimum absolute atomic E-state index is 0.545. The third kappa shape index (κ3) is 16.6. The van der Waals surface area contributed by atoms with Gasteiger partial charge in [0.25, 0.3) is 0 Å². The van der Waals surface area contributed by atoms with Crippen LogP contribution in [0.2, 0.25) is 0 Å². The zero-order valence-corrected chi connectivity index (χ0v) is 14.8. The van der Waals surface area contributed by atoms with Crippen LogP contribution in [0.15, 0.2) is 48.3 Å². The van der Waals surface area contributed by atoms with Crippen molar-refractivity contribution in [3.8, 4) is 0 Å². The molecule has 0 bridgehead atoms. The molecule has 0 aromatic heterocycles. The monoisotopic (exact) mass is 336 g/mol. The van der Waals surface area contributed by atoms with E-state index in [0.29, 0.717) is 5.76 Å². The Morgan fingerprint density at radius 3 is 1.96 bits per heavy atom. The van der Waals surface area contributed by atoms with Crippen LogP contribution in [0.3, 0.4) is 0 Å². The third-order valence-corrected chi connectivity index (χ3v) is 3.61. The van der Waals surface area contributed by atoms with E-state index < -0.39 is 5.97 Å². The molecule has 0 fully saturated rings. The van der Waals surface area contributed by atoms with E-state index in [1.54, 1.807) is 30.4 Å². The lowest BCUT2D eigenvalue weighted by Crippen LogP contribution is -1.88. The molecule has 0 radical (unpaired) electrons. The Bertz CT molecular complexity index is 419. The first-order valence-corrected chi connectivity index (χ1v) is 8.95. The van der Waals surface area contributed by atoms with E-state index in [1.165, 1.54) is 51.0 Å². The van der Waals surface area contributed by atoms with Crippen molar-refractivity contribution in [1.82, 2.24) is 0 Å². The van der Waals surface area contributed by atoms with Gasteiger partial charge in [0, 0.05) is 12.5 Å². The van der Waals surface area contributed by atoms with Crippen molar-refractivity contribution in [2.24, 2.45) is 0 Å². The van der Waals surface area contributed by atoms with Crippen LogP contribution in [0, 0.1) is 0 Å². The molecule has 0 saturated carbocycles. The maximum atomic E-state index is 10.2. The van der Waals surface area contributed by atoms with Crippen LogP contribution in [0.25, 0.3) is 0 Å². The van der Waals surface area contributed by atoms with Crippen LogP contribution in [-0.2, 0) is 9.68 Å². The summed E-state index contributed by atoms with van der Waals surface area (Å²) >= 11 is 0. The molecule has 4 heteroatoms. The van der Waals surface area contributed by atoms with Crippen molar-refractivity contribution < 1.29 is 20.0 Å². The van der Waals surface area contributed by atoms with Gasteiger partial charge in [0.2, 0.25) is 0 Å². The predicted octanol–water partition coefficient (Wildman–Crippen LogP) is 6.03. The van der Waals surface area contributed by atoms with Gasteiger partial charge in [-0.25, -0.2) is 10.1 Å². The molecule has 0 aromatic rings. The number of aliphatic carboxylic acids is 1. The Morgan fingerprint density at radius 1 is 0.833 bits per heavy atom. The van der Waals surface area contributed by atoms with Crippen LogP contribution >= 0.6 is 0 Å². The van der Waals surface area contributed by atoms with E-state index in [2.05, 4.69) is 11.8 Å². The maximum Gasteiger partial charge on any atom is 0.328 e. The van der Waals surface area contributed by atoms with Gasteiger partial charge in [0.15, 0.2) is 0 Å². The summed E-state index contributed by atoms with van der Waals surface area (Å²) in [7, 11) is 0. The fourth-order valence-electron chi connectivity index (χ4n) is 2.26. The molecule has 24 heavy (non-hydrogen) atoms. The molecule has 0 aliphatic rings. The number of carboxylic acids is 1. The van der Waals surface area contributed by atoms with E-state index in [4.69, 9.17) is 10.4 Å². The van der Waals surface area contributed by atoms with E-state index in [0.717, 1.165) is 25.3 Å². The number of hydrogen-bond acceptors (Lipinski definition) is 3. The first-order chi connectivity index (χ1) is 11.7.